The Balaban J connectivity index is 1.80. The Morgan fingerprint density at radius 2 is 2.09 bits per heavy atom. The summed E-state index contributed by atoms with van der Waals surface area (Å²) in [7, 11) is 1.39. The molecule has 3 rings (SSSR count). The van der Waals surface area contributed by atoms with Crippen LogP contribution in [0.4, 0.5) is 0 Å². The van der Waals surface area contributed by atoms with E-state index in [0.717, 1.165) is 18.8 Å². The summed E-state index contributed by atoms with van der Waals surface area (Å²) < 4.78 is 5.00. The summed E-state index contributed by atoms with van der Waals surface area (Å²) in [6, 6.07) is 5.18. The van der Waals surface area contributed by atoms with Crippen LogP contribution in [-0.2, 0) is 9.53 Å². The molecular weight excluding hydrogens is 280 g/mol. The van der Waals surface area contributed by atoms with Crippen molar-refractivity contribution in [2.75, 3.05) is 7.11 Å². The van der Waals surface area contributed by atoms with Gasteiger partial charge in [-0.1, -0.05) is 12.5 Å². The number of pyridine rings is 1. The van der Waals surface area contributed by atoms with Crippen LogP contribution in [0.1, 0.15) is 49.0 Å². The van der Waals surface area contributed by atoms with Crippen LogP contribution in [0, 0.1) is 11.8 Å². The van der Waals surface area contributed by atoms with Crippen molar-refractivity contribution in [2.24, 2.45) is 11.8 Å². The summed E-state index contributed by atoms with van der Waals surface area (Å²) in [5.74, 6) is 0.595. The van der Waals surface area contributed by atoms with E-state index >= 15 is 0 Å². The third-order valence-electron chi connectivity index (χ3n) is 4.90. The average Bonchev–Trinajstić information content (AvgIpc) is 3.40. The molecule has 1 aromatic heterocycles. The lowest BCUT2D eigenvalue weighted by atomic mass is 9.73. The lowest BCUT2D eigenvalue weighted by Crippen LogP contribution is -2.57. The van der Waals surface area contributed by atoms with Gasteiger partial charge in [0.15, 0.2) is 0 Å². The molecule has 2 aliphatic carbocycles. The van der Waals surface area contributed by atoms with Crippen LogP contribution in [0.15, 0.2) is 24.4 Å². The molecule has 0 radical (unpaired) electrons. The van der Waals surface area contributed by atoms with Crippen LogP contribution in [-0.4, -0.2) is 29.5 Å². The van der Waals surface area contributed by atoms with Crippen molar-refractivity contribution in [1.29, 1.82) is 0 Å². The minimum absolute atomic E-state index is 0.303. The molecular formula is C17H22N2O3. The van der Waals surface area contributed by atoms with E-state index in [9.17, 15) is 9.59 Å². The van der Waals surface area contributed by atoms with E-state index in [1.54, 1.807) is 24.4 Å². The maximum atomic E-state index is 12.4. The largest absolute Gasteiger partial charge is 0.467 e. The molecule has 1 aromatic rings. The van der Waals surface area contributed by atoms with E-state index in [4.69, 9.17) is 4.74 Å². The standard InChI is InChI=1S/C17H22N2O3/c1-22-16(21)17(9-4-5-13(11-17)12-7-8-12)19-15(20)14-6-2-3-10-18-14/h2-3,6,10,12-13H,4-5,7-9,11H2,1H3,(H,19,20)/t13?,17-/m0/s1. The van der Waals surface area contributed by atoms with Crippen LogP contribution >= 0.6 is 0 Å². The molecule has 0 aliphatic heterocycles. The monoisotopic (exact) mass is 302 g/mol. The number of carbonyl (C=O) groups is 2. The Morgan fingerprint density at radius 1 is 1.27 bits per heavy atom. The van der Waals surface area contributed by atoms with Crippen molar-refractivity contribution in [2.45, 2.75) is 44.1 Å². The molecule has 2 saturated carbocycles. The molecule has 0 spiro atoms. The number of amides is 1. The summed E-state index contributed by atoms with van der Waals surface area (Å²) in [6.45, 7) is 0. The second-order valence-electron chi connectivity index (χ2n) is 6.44. The van der Waals surface area contributed by atoms with Gasteiger partial charge in [-0.25, -0.2) is 4.79 Å². The van der Waals surface area contributed by atoms with Gasteiger partial charge in [-0.05, 0) is 56.1 Å². The zero-order valence-corrected chi connectivity index (χ0v) is 12.9. The fraction of sp³-hybridized carbons (Fsp3) is 0.588. The summed E-state index contributed by atoms with van der Waals surface area (Å²) in [5, 5.41) is 2.94. The third kappa shape index (κ3) is 2.98. The summed E-state index contributed by atoms with van der Waals surface area (Å²) in [5.41, 5.74) is -0.561. The van der Waals surface area contributed by atoms with Crippen LogP contribution < -0.4 is 5.32 Å². The predicted molar refractivity (Wildman–Crippen MR) is 81.1 cm³/mol. The smallest absolute Gasteiger partial charge is 0.331 e. The SMILES string of the molecule is COC(=O)[C@]1(NC(=O)c2ccccn2)CCCC(C2CC2)C1. The molecule has 0 saturated heterocycles. The van der Waals surface area contributed by atoms with Crippen molar-refractivity contribution < 1.29 is 14.3 Å². The van der Waals surface area contributed by atoms with Crippen LogP contribution in [0.2, 0.25) is 0 Å². The summed E-state index contributed by atoms with van der Waals surface area (Å²) in [4.78, 5) is 28.9. The Hall–Kier alpha value is -1.91. The first-order valence-electron chi connectivity index (χ1n) is 7.96. The van der Waals surface area contributed by atoms with Gasteiger partial charge in [-0.3, -0.25) is 9.78 Å². The van der Waals surface area contributed by atoms with Gasteiger partial charge in [-0.2, -0.15) is 0 Å². The highest BCUT2D eigenvalue weighted by Crippen LogP contribution is 2.46. The Morgan fingerprint density at radius 3 is 2.73 bits per heavy atom. The second kappa shape index (κ2) is 6.07. The number of carbonyl (C=O) groups excluding carboxylic acids is 2. The number of esters is 1. The fourth-order valence-corrected chi connectivity index (χ4v) is 3.61. The minimum atomic E-state index is -0.894. The van der Waals surface area contributed by atoms with Crippen molar-refractivity contribution in [3.8, 4) is 0 Å². The number of aromatic nitrogens is 1. The van der Waals surface area contributed by atoms with E-state index in [2.05, 4.69) is 10.3 Å². The number of rotatable bonds is 4. The fourth-order valence-electron chi connectivity index (χ4n) is 3.61. The first-order valence-corrected chi connectivity index (χ1v) is 7.96. The van der Waals surface area contributed by atoms with E-state index < -0.39 is 5.54 Å². The maximum Gasteiger partial charge on any atom is 0.331 e. The quantitative estimate of drug-likeness (QED) is 0.867. The lowest BCUT2D eigenvalue weighted by Gasteiger charge is -2.39. The number of ether oxygens (including phenoxy) is 1. The topological polar surface area (TPSA) is 68.3 Å². The number of nitrogens with one attached hydrogen (secondary N) is 1. The van der Waals surface area contributed by atoms with Crippen molar-refractivity contribution in [3.05, 3.63) is 30.1 Å². The molecule has 1 N–H and O–H groups in total. The minimum Gasteiger partial charge on any atom is -0.467 e. The molecule has 2 fully saturated rings. The Kier molecular flexibility index (Phi) is 4.14. The highest BCUT2D eigenvalue weighted by atomic mass is 16.5. The highest BCUT2D eigenvalue weighted by molar-refractivity contribution is 5.96. The van der Waals surface area contributed by atoms with Crippen LogP contribution in [0.5, 0.6) is 0 Å². The molecule has 0 bridgehead atoms. The molecule has 22 heavy (non-hydrogen) atoms. The van der Waals surface area contributed by atoms with Gasteiger partial charge < -0.3 is 10.1 Å². The Bertz CT molecular complexity index is 556. The molecule has 5 nitrogen and oxygen atoms in total. The Labute approximate surface area is 130 Å². The summed E-state index contributed by atoms with van der Waals surface area (Å²) in [6.07, 6.45) is 7.48. The van der Waals surface area contributed by atoms with Crippen molar-refractivity contribution in [3.63, 3.8) is 0 Å². The van der Waals surface area contributed by atoms with Gasteiger partial charge in [0.2, 0.25) is 0 Å². The first-order chi connectivity index (χ1) is 10.6. The number of hydrogen-bond donors (Lipinski definition) is 1. The molecule has 1 amide bonds. The van der Waals surface area contributed by atoms with Gasteiger partial charge in [-0.15, -0.1) is 0 Å². The third-order valence-corrected chi connectivity index (χ3v) is 4.90. The predicted octanol–water partition coefficient (Wildman–Crippen LogP) is 2.32. The number of methoxy groups -OCH3 is 1. The molecule has 1 heterocycles. The molecule has 1 unspecified atom stereocenters. The van der Waals surface area contributed by atoms with E-state index in [1.807, 2.05) is 0 Å². The second-order valence-corrected chi connectivity index (χ2v) is 6.44. The van der Waals surface area contributed by atoms with Crippen LogP contribution in [0.25, 0.3) is 0 Å². The molecule has 0 aromatic carbocycles. The maximum absolute atomic E-state index is 12.4. The van der Waals surface area contributed by atoms with Gasteiger partial charge in [0, 0.05) is 6.20 Å². The zero-order valence-electron chi connectivity index (χ0n) is 12.9. The number of hydrogen-bond acceptors (Lipinski definition) is 4. The molecule has 118 valence electrons. The van der Waals surface area contributed by atoms with E-state index in [1.165, 1.54) is 20.0 Å². The lowest BCUT2D eigenvalue weighted by molar-refractivity contribution is -0.150. The average molecular weight is 302 g/mol. The van der Waals surface area contributed by atoms with Crippen molar-refractivity contribution >= 4 is 11.9 Å². The van der Waals surface area contributed by atoms with E-state index in [-0.39, 0.29) is 11.9 Å². The highest BCUT2D eigenvalue weighted by Gasteiger charge is 2.48. The van der Waals surface area contributed by atoms with Gasteiger partial charge in [0.05, 0.1) is 7.11 Å². The molecule has 5 heteroatoms. The van der Waals surface area contributed by atoms with Gasteiger partial charge in [0.25, 0.3) is 5.91 Å². The van der Waals surface area contributed by atoms with E-state index in [0.29, 0.717) is 24.5 Å². The van der Waals surface area contributed by atoms with Crippen molar-refractivity contribution in [1.82, 2.24) is 10.3 Å². The van der Waals surface area contributed by atoms with Gasteiger partial charge in [0.1, 0.15) is 11.2 Å². The molecule has 2 atom stereocenters. The van der Waals surface area contributed by atoms with Gasteiger partial charge >= 0.3 is 5.97 Å². The molecule has 2 aliphatic rings. The zero-order chi connectivity index (χ0) is 15.6. The number of nitrogens with zero attached hydrogens (tertiary/aromatic N) is 1. The summed E-state index contributed by atoms with van der Waals surface area (Å²) >= 11 is 0. The first kappa shape index (κ1) is 15.0. The normalized spacial score (nSPS) is 28.0. The van der Waals surface area contributed by atoms with Crippen LogP contribution in [0.3, 0.4) is 0 Å².